The molecule has 1 aromatic rings. The van der Waals surface area contributed by atoms with Crippen LogP contribution < -0.4 is 5.32 Å². The molecule has 0 radical (unpaired) electrons. The Bertz CT molecular complexity index is 687. The maximum atomic E-state index is 12.7. The van der Waals surface area contributed by atoms with Gasteiger partial charge in [0, 0.05) is 44.6 Å². The minimum Gasteiger partial charge on any atom is -0.350 e. The number of hydrogen-bond donors (Lipinski definition) is 1. The van der Waals surface area contributed by atoms with E-state index in [-0.39, 0.29) is 30.5 Å². The lowest BCUT2D eigenvalue weighted by Crippen LogP contribution is -2.55. The number of aromatic nitrogens is 1. The fraction of sp³-hybridized carbons (Fsp3) is 0.778. The first-order valence-corrected chi connectivity index (χ1v) is 10.5. The second kappa shape index (κ2) is 9.03. The first-order valence-electron chi connectivity index (χ1n) is 9.65. The number of thiazole rings is 1. The number of aliphatic imine (C=N–C) groups is 1. The van der Waals surface area contributed by atoms with Gasteiger partial charge in [0.1, 0.15) is 5.01 Å². The average Bonchev–Trinajstić information content (AvgIpc) is 3.39. The molecule has 1 N–H and O–H groups in total. The van der Waals surface area contributed by atoms with E-state index in [9.17, 15) is 13.2 Å². The summed E-state index contributed by atoms with van der Waals surface area (Å²) in [6.07, 6.45) is 1.22. The summed E-state index contributed by atoms with van der Waals surface area (Å²) in [6, 6.07) is 0.761. The van der Waals surface area contributed by atoms with Crippen LogP contribution in [0.15, 0.2) is 10.4 Å². The van der Waals surface area contributed by atoms with E-state index in [0.29, 0.717) is 5.01 Å². The van der Waals surface area contributed by atoms with Gasteiger partial charge >= 0.3 is 6.18 Å². The van der Waals surface area contributed by atoms with Crippen LogP contribution in [0, 0.1) is 11.8 Å². The van der Waals surface area contributed by atoms with Crippen molar-refractivity contribution in [2.75, 3.05) is 33.2 Å². The molecule has 1 saturated heterocycles. The van der Waals surface area contributed by atoms with Crippen molar-refractivity contribution in [2.24, 2.45) is 16.8 Å². The molecule has 10 heteroatoms. The van der Waals surface area contributed by atoms with Gasteiger partial charge in [0.25, 0.3) is 0 Å². The van der Waals surface area contributed by atoms with E-state index in [1.165, 1.54) is 25.7 Å². The maximum Gasteiger partial charge on any atom is 0.434 e. The van der Waals surface area contributed by atoms with Crippen molar-refractivity contribution < 1.29 is 13.2 Å². The van der Waals surface area contributed by atoms with Crippen molar-refractivity contribution in [3.05, 3.63) is 16.1 Å². The van der Waals surface area contributed by atoms with Gasteiger partial charge in [-0.3, -0.25) is 9.89 Å². The first-order chi connectivity index (χ1) is 12.9. The molecule has 2 heterocycles. The van der Waals surface area contributed by atoms with Gasteiger partial charge in [0.2, 0.25) is 0 Å². The van der Waals surface area contributed by atoms with Crippen molar-refractivity contribution in [2.45, 2.75) is 44.4 Å². The molecule has 28 heavy (non-hydrogen) atoms. The lowest BCUT2D eigenvalue weighted by Gasteiger charge is -2.41. The second-order valence-corrected chi connectivity index (χ2v) is 8.73. The predicted octanol–water partition coefficient (Wildman–Crippen LogP) is 3.66. The Balaban J connectivity index is 0.00000225. The van der Waals surface area contributed by atoms with Crippen LogP contribution in [0.5, 0.6) is 0 Å². The third-order valence-electron chi connectivity index (χ3n) is 6.24. The number of halogens is 4. The minimum absolute atomic E-state index is 0. The highest BCUT2D eigenvalue weighted by Crippen LogP contribution is 2.46. The maximum absolute atomic E-state index is 12.7. The van der Waals surface area contributed by atoms with Crippen molar-refractivity contribution in [1.29, 1.82) is 0 Å². The van der Waals surface area contributed by atoms with Crippen LogP contribution in [0.2, 0.25) is 0 Å². The lowest BCUT2D eigenvalue weighted by molar-refractivity contribution is -0.140. The Labute approximate surface area is 184 Å². The molecular formula is C18H27F3IN5S. The summed E-state index contributed by atoms with van der Waals surface area (Å²) < 4.78 is 38.0. The Morgan fingerprint density at radius 2 is 2.00 bits per heavy atom. The van der Waals surface area contributed by atoms with Gasteiger partial charge in [0.05, 0.1) is 6.54 Å². The highest BCUT2D eigenvalue weighted by molar-refractivity contribution is 14.0. The zero-order valence-corrected chi connectivity index (χ0v) is 19.1. The van der Waals surface area contributed by atoms with Gasteiger partial charge < -0.3 is 10.2 Å². The molecule has 158 valence electrons. The third-order valence-corrected chi connectivity index (χ3v) is 7.08. The third kappa shape index (κ3) is 4.75. The monoisotopic (exact) mass is 529 g/mol. The van der Waals surface area contributed by atoms with E-state index in [4.69, 9.17) is 0 Å². The van der Waals surface area contributed by atoms with Crippen molar-refractivity contribution in [3.8, 4) is 0 Å². The molecule has 0 spiro atoms. The number of piperazine rings is 1. The summed E-state index contributed by atoms with van der Waals surface area (Å²) in [5, 5.41) is 4.65. The Morgan fingerprint density at radius 3 is 2.54 bits per heavy atom. The van der Waals surface area contributed by atoms with Crippen molar-refractivity contribution in [1.82, 2.24) is 20.1 Å². The fourth-order valence-corrected chi connectivity index (χ4v) is 5.67. The first kappa shape index (κ1) is 22.1. The van der Waals surface area contributed by atoms with Crippen LogP contribution in [0.3, 0.4) is 0 Å². The highest BCUT2D eigenvalue weighted by atomic mass is 127. The number of nitrogens with one attached hydrogen (secondary N) is 1. The molecule has 0 amide bonds. The van der Waals surface area contributed by atoms with E-state index in [0.717, 1.165) is 66.7 Å². The molecule has 0 aromatic carbocycles. The van der Waals surface area contributed by atoms with Crippen LogP contribution in [0.25, 0.3) is 0 Å². The van der Waals surface area contributed by atoms with Gasteiger partial charge in [-0.25, -0.2) is 4.98 Å². The van der Waals surface area contributed by atoms with E-state index in [2.05, 4.69) is 25.1 Å². The van der Waals surface area contributed by atoms with Crippen LogP contribution >= 0.6 is 35.3 Å². The zero-order valence-electron chi connectivity index (χ0n) is 15.9. The predicted molar refractivity (Wildman–Crippen MR) is 115 cm³/mol. The SMILES string of the molecule is CN=C(NCc1nc(C(F)(F)F)cs1)N1CCN(C2CC3CCC2C3)CC1.I. The standard InChI is InChI=1S/C18H26F3N5S.HI/c1-22-17(23-10-16-24-15(11-27-16)18(19,20)21)26-6-4-25(5-7-26)14-9-12-2-3-13(14)8-12;/h11-14H,2-10H2,1H3,(H,22,23);1H. The molecule has 3 atom stereocenters. The van der Waals surface area contributed by atoms with Crippen molar-refractivity contribution >= 4 is 41.3 Å². The van der Waals surface area contributed by atoms with E-state index in [1.54, 1.807) is 7.05 Å². The molecule has 5 nitrogen and oxygen atoms in total. The van der Waals surface area contributed by atoms with E-state index < -0.39 is 11.9 Å². The summed E-state index contributed by atoms with van der Waals surface area (Å²) in [5.41, 5.74) is -0.821. The molecule has 2 saturated carbocycles. The Hall–Kier alpha value is -0.620. The lowest BCUT2D eigenvalue weighted by atomic mass is 9.93. The number of nitrogens with zero attached hydrogens (tertiary/aromatic N) is 4. The summed E-state index contributed by atoms with van der Waals surface area (Å²) in [7, 11) is 1.72. The number of alkyl halides is 3. The van der Waals surface area contributed by atoms with Gasteiger partial charge in [-0.2, -0.15) is 13.2 Å². The zero-order chi connectivity index (χ0) is 19.0. The molecular weight excluding hydrogens is 502 g/mol. The quantitative estimate of drug-likeness (QED) is 0.369. The molecule has 3 aliphatic rings. The fourth-order valence-electron chi connectivity index (χ4n) is 4.93. The number of guanidine groups is 1. The summed E-state index contributed by atoms with van der Waals surface area (Å²) in [6.45, 7) is 4.13. The van der Waals surface area contributed by atoms with Gasteiger partial charge in [-0.05, 0) is 31.1 Å². The number of hydrogen-bond acceptors (Lipinski definition) is 4. The van der Waals surface area contributed by atoms with Crippen LogP contribution in [0.4, 0.5) is 13.2 Å². The molecule has 1 aromatic heterocycles. The summed E-state index contributed by atoms with van der Waals surface area (Å²) in [4.78, 5) is 12.8. The Morgan fingerprint density at radius 1 is 1.25 bits per heavy atom. The normalized spacial score (nSPS) is 28.5. The van der Waals surface area contributed by atoms with Gasteiger partial charge in [-0.15, -0.1) is 35.3 Å². The van der Waals surface area contributed by atoms with E-state index in [1.807, 2.05) is 0 Å². The van der Waals surface area contributed by atoms with Crippen LogP contribution in [-0.4, -0.2) is 60.0 Å². The van der Waals surface area contributed by atoms with Gasteiger partial charge in [0.15, 0.2) is 11.7 Å². The largest absolute Gasteiger partial charge is 0.434 e. The van der Waals surface area contributed by atoms with Gasteiger partial charge in [-0.1, -0.05) is 6.42 Å². The average molecular weight is 529 g/mol. The summed E-state index contributed by atoms with van der Waals surface area (Å²) in [5.74, 6) is 2.59. The smallest absolute Gasteiger partial charge is 0.350 e. The highest BCUT2D eigenvalue weighted by Gasteiger charge is 2.42. The van der Waals surface area contributed by atoms with Crippen molar-refractivity contribution in [3.63, 3.8) is 0 Å². The Kier molecular flexibility index (Phi) is 7.12. The van der Waals surface area contributed by atoms with E-state index >= 15 is 0 Å². The molecule has 3 fully saturated rings. The van der Waals surface area contributed by atoms with Crippen LogP contribution in [0.1, 0.15) is 36.4 Å². The molecule has 4 rings (SSSR count). The topological polar surface area (TPSA) is 43.8 Å². The molecule has 1 aliphatic heterocycles. The molecule has 2 bridgehead atoms. The number of fused-ring (bicyclic) bond motifs is 2. The summed E-state index contributed by atoms with van der Waals surface area (Å²) >= 11 is 1.02. The van der Waals surface area contributed by atoms with Crippen LogP contribution in [-0.2, 0) is 12.7 Å². The minimum atomic E-state index is -4.38. The molecule has 3 unspecified atom stereocenters. The molecule has 2 aliphatic carbocycles. The second-order valence-electron chi connectivity index (χ2n) is 7.79. The number of rotatable bonds is 3.